The molecule has 1 aromatic carbocycles. The SMILES string of the molecule is C[C@H](C(=O)Nc1cccc(C#N)c1)n1cc(C(F)(F)F)cc(Cl)c1=O. The molecule has 2 rings (SSSR count). The van der Waals surface area contributed by atoms with Gasteiger partial charge in [-0.05, 0) is 31.2 Å². The van der Waals surface area contributed by atoms with Crippen LogP contribution in [-0.2, 0) is 11.0 Å². The number of alkyl halides is 3. The zero-order chi connectivity index (χ0) is 18.8. The monoisotopic (exact) mass is 369 g/mol. The van der Waals surface area contributed by atoms with Gasteiger partial charge in [-0.15, -0.1) is 0 Å². The van der Waals surface area contributed by atoms with E-state index in [0.717, 1.165) is 0 Å². The summed E-state index contributed by atoms with van der Waals surface area (Å²) in [5, 5.41) is 10.6. The zero-order valence-corrected chi connectivity index (χ0v) is 13.5. The Labute approximate surface area is 145 Å². The van der Waals surface area contributed by atoms with Gasteiger partial charge in [-0.2, -0.15) is 18.4 Å². The Bertz CT molecular complexity index is 916. The van der Waals surface area contributed by atoms with Crippen LogP contribution in [0.3, 0.4) is 0 Å². The van der Waals surface area contributed by atoms with Crippen molar-refractivity contribution < 1.29 is 18.0 Å². The predicted molar refractivity (Wildman–Crippen MR) is 85.2 cm³/mol. The van der Waals surface area contributed by atoms with Crippen molar-refractivity contribution in [2.75, 3.05) is 5.32 Å². The number of benzene rings is 1. The maximum atomic E-state index is 12.9. The second-order valence-electron chi connectivity index (χ2n) is 5.14. The molecule has 0 fully saturated rings. The number of rotatable bonds is 3. The lowest BCUT2D eigenvalue weighted by atomic mass is 10.2. The van der Waals surface area contributed by atoms with Gasteiger partial charge in [0.25, 0.3) is 5.56 Å². The molecule has 0 saturated heterocycles. The highest BCUT2D eigenvalue weighted by Crippen LogP contribution is 2.30. The fraction of sp³-hybridized carbons (Fsp3) is 0.188. The number of pyridine rings is 1. The summed E-state index contributed by atoms with van der Waals surface area (Å²) in [6.07, 6.45) is -4.17. The van der Waals surface area contributed by atoms with E-state index < -0.39 is 34.3 Å². The molecule has 1 atom stereocenters. The molecular weight excluding hydrogens is 359 g/mol. The minimum absolute atomic E-state index is 0.280. The Balaban J connectivity index is 2.35. The Hall–Kier alpha value is -2.79. The number of aromatic nitrogens is 1. The highest BCUT2D eigenvalue weighted by atomic mass is 35.5. The molecular formula is C16H11ClF3N3O2. The van der Waals surface area contributed by atoms with Crippen molar-refractivity contribution in [2.45, 2.75) is 19.1 Å². The Morgan fingerprint density at radius 1 is 1.36 bits per heavy atom. The smallest absolute Gasteiger partial charge is 0.324 e. The number of halogens is 4. The molecule has 2 aromatic rings. The molecule has 0 aliphatic carbocycles. The van der Waals surface area contributed by atoms with Gasteiger partial charge in [0, 0.05) is 11.9 Å². The number of hydrogen-bond donors (Lipinski definition) is 1. The topological polar surface area (TPSA) is 74.9 Å². The van der Waals surface area contributed by atoms with E-state index in [1.165, 1.54) is 31.2 Å². The molecule has 0 aliphatic rings. The molecule has 0 aliphatic heterocycles. The van der Waals surface area contributed by atoms with Crippen molar-refractivity contribution in [3.8, 4) is 6.07 Å². The van der Waals surface area contributed by atoms with Gasteiger partial charge in [-0.25, -0.2) is 0 Å². The highest BCUT2D eigenvalue weighted by Gasteiger charge is 2.33. The maximum absolute atomic E-state index is 12.9. The van der Waals surface area contributed by atoms with E-state index in [4.69, 9.17) is 16.9 Å². The van der Waals surface area contributed by atoms with Crippen molar-refractivity contribution in [2.24, 2.45) is 0 Å². The van der Waals surface area contributed by atoms with Gasteiger partial charge < -0.3 is 9.88 Å². The lowest BCUT2D eigenvalue weighted by molar-refractivity contribution is -0.138. The third-order valence-corrected chi connectivity index (χ3v) is 3.65. The first-order valence-corrected chi connectivity index (χ1v) is 7.31. The van der Waals surface area contributed by atoms with Gasteiger partial charge in [0.2, 0.25) is 5.91 Å². The summed E-state index contributed by atoms with van der Waals surface area (Å²) in [4.78, 5) is 24.2. The minimum atomic E-state index is -4.71. The van der Waals surface area contributed by atoms with E-state index in [1.54, 1.807) is 0 Å². The summed E-state index contributed by atoms with van der Waals surface area (Å²) in [7, 11) is 0. The summed E-state index contributed by atoms with van der Waals surface area (Å²) >= 11 is 5.57. The van der Waals surface area contributed by atoms with Gasteiger partial charge >= 0.3 is 6.18 Å². The van der Waals surface area contributed by atoms with Crippen LogP contribution in [0.15, 0.2) is 41.3 Å². The van der Waals surface area contributed by atoms with Crippen LogP contribution < -0.4 is 10.9 Å². The van der Waals surface area contributed by atoms with Crippen LogP contribution in [0.4, 0.5) is 18.9 Å². The quantitative estimate of drug-likeness (QED) is 0.898. The van der Waals surface area contributed by atoms with Crippen LogP contribution in [0.2, 0.25) is 5.02 Å². The van der Waals surface area contributed by atoms with Crippen molar-refractivity contribution in [1.29, 1.82) is 5.26 Å². The van der Waals surface area contributed by atoms with E-state index in [1.807, 2.05) is 6.07 Å². The van der Waals surface area contributed by atoms with Gasteiger partial charge in [-0.1, -0.05) is 17.7 Å². The zero-order valence-electron chi connectivity index (χ0n) is 12.8. The number of hydrogen-bond acceptors (Lipinski definition) is 3. The van der Waals surface area contributed by atoms with Gasteiger partial charge in [0.05, 0.1) is 17.2 Å². The first kappa shape index (κ1) is 18.5. The minimum Gasteiger partial charge on any atom is -0.324 e. The Morgan fingerprint density at radius 3 is 2.64 bits per heavy atom. The molecule has 1 aromatic heterocycles. The number of carbonyl (C=O) groups excluding carboxylic acids is 1. The average Bonchev–Trinajstić information content (AvgIpc) is 2.55. The van der Waals surface area contributed by atoms with E-state index in [9.17, 15) is 22.8 Å². The summed E-state index contributed by atoms with van der Waals surface area (Å²) in [5.41, 5.74) is -1.47. The Morgan fingerprint density at radius 2 is 2.04 bits per heavy atom. The third-order valence-electron chi connectivity index (χ3n) is 3.38. The van der Waals surface area contributed by atoms with Crippen molar-refractivity contribution >= 4 is 23.2 Å². The predicted octanol–water partition coefficient (Wildman–Crippen LogP) is 3.59. The molecule has 5 nitrogen and oxygen atoms in total. The van der Waals surface area contributed by atoms with Crippen LogP contribution in [-0.4, -0.2) is 10.5 Å². The standard InChI is InChI=1S/C16H11ClF3N3O2/c1-9(14(24)22-12-4-2-3-10(5-12)7-21)23-8-11(16(18,19)20)6-13(17)15(23)25/h2-6,8-9H,1H3,(H,22,24)/t9-/m1/s1. The molecule has 0 saturated carbocycles. The van der Waals surface area contributed by atoms with Crippen LogP contribution in [0.1, 0.15) is 24.1 Å². The average molecular weight is 370 g/mol. The van der Waals surface area contributed by atoms with Crippen molar-refractivity contribution in [3.63, 3.8) is 0 Å². The molecule has 1 N–H and O–H groups in total. The number of nitrogens with zero attached hydrogens (tertiary/aromatic N) is 2. The Kier molecular flexibility index (Phi) is 5.18. The second kappa shape index (κ2) is 6.99. The molecule has 1 amide bonds. The normalized spacial score (nSPS) is 12.3. The summed E-state index contributed by atoms with van der Waals surface area (Å²) < 4.78 is 39.2. The summed E-state index contributed by atoms with van der Waals surface area (Å²) in [6, 6.07) is 7.12. The lowest BCUT2D eigenvalue weighted by Crippen LogP contribution is -2.32. The lowest BCUT2D eigenvalue weighted by Gasteiger charge is -2.17. The number of anilines is 1. The van der Waals surface area contributed by atoms with Crippen LogP contribution >= 0.6 is 11.6 Å². The van der Waals surface area contributed by atoms with Crippen LogP contribution in [0.25, 0.3) is 0 Å². The third kappa shape index (κ3) is 4.19. The number of nitriles is 1. The van der Waals surface area contributed by atoms with E-state index >= 15 is 0 Å². The van der Waals surface area contributed by atoms with Crippen LogP contribution in [0, 0.1) is 11.3 Å². The fourth-order valence-electron chi connectivity index (χ4n) is 2.05. The van der Waals surface area contributed by atoms with Gasteiger partial charge in [0.1, 0.15) is 11.1 Å². The number of nitrogens with one attached hydrogen (secondary N) is 1. The van der Waals surface area contributed by atoms with E-state index in [0.29, 0.717) is 22.4 Å². The maximum Gasteiger partial charge on any atom is 0.417 e. The molecule has 0 unspecified atom stereocenters. The molecule has 0 bridgehead atoms. The van der Waals surface area contributed by atoms with Gasteiger partial charge in [-0.3, -0.25) is 9.59 Å². The first-order chi connectivity index (χ1) is 11.6. The summed E-state index contributed by atoms with van der Waals surface area (Å²) in [6.45, 7) is 1.27. The molecule has 1 heterocycles. The van der Waals surface area contributed by atoms with E-state index in [2.05, 4.69) is 5.32 Å². The number of carbonyl (C=O) groups is 1. The molecule has 25 heavy (non-hydrogen) atoms. The molecule has 0 radical (unpaired) electrons. The molecule has 9 heteroatoms. The van der Waals surface area contributed by atoms with Crippen LogP contribution in [0.5, 0.6) is 0 Å². The van der Waals surface area contributed by atoms with E-state index in [-0.39, 0.29) is 5.69 Å². The highest BCUT2D eigenvalue weighted by molar-refractivity contribution is 6.30. The first-order valence-electron chi connectivity index (χ1n) is 6.93. The van der Waals surface area contributed by atoms with Gasteiger partial charge in [0.15, 0.2) is 0 Å². The number of amides is 1. The molecule has 130 valence electrons. The fourth-order valence-corrected chi connectivity index (χ4v) is 2.26. The molecule has 0 spiro atoms. The van der Waals surface area contributed by atoms with Crippen molar-refractivity contribution in [1.82, 2.24) is 4.57 Å². The summed E-state index contributed by atoms with van der Waals surface area (Å²) in [5.74, 6) is -0.729. The second-order valence-corrected chi connectivity index (χ2v) is 5.55. The largest absolute Gasteiger partial charge is 0.417 e. The van der Waals surface area contributed by atoms with Crippen molar-refractivity contribution in [3.05, 3.63) is 63.0 Å².